The van der Waals surface area contributed by atoms with E-state index in [4.69, 9.17) is 0 Å². The van der Waals surface area contributed by atoms with Crippen LogP contribution in [-0.2, 0) is 6.18 Å². The highest BCUT2D eigenvalue weighted by molar-refractivity contribution is 7.08. The van der Waals surface area contributed by atoms with Crippen molar-refractivity contribution in [3.63, 3.8) is 0 Å². The van der Waals surface area contributed by atoms with Gasteiger partial charge >= 0.3 is 6.18 Å². The maximum Gasteiger partial charge on any atom is 0.417 e. The molecule has 1 nitrogen and oxygen atoms in total. The Hall–Kier alpha value is -0.550. The molecule has 0 radical (unpaired) electrons. The molecule has 17 heavy (non-hydrogen) atoms. The smallest absolute Gasteiger partial charge is 0.388 e. The average molecular weight is 266 g/mol. The Balaban J connectivity index is 2.82. The van der Waals surface area contributed by atoms with Crippen LogP contribution in [0.4, 0.5) is 13.2 Å². The topological polar surface area (TPSA) is 20.2 Å². The Morgan fingerprint density at radius 2 is 2.00 bits per heavy atom. The van der Waals surface area contributed by atoms with E-state index in [1.165, 1.54) is 5.38 Å². The van der Waals surface area contributed by atoms with Gasteiger partial charge in [-0.2, -0.15) is 24.5 Å². The van der Waals surface area contributed by atoms with Crippen LogP contribution in [0.3, 0.4) is 0 Å². The average Bonchev–Trinajstić information content (AvgIpc) is 2.73. The molecular formula is C12H17F3OS. The van der Waals surface area contributed by atoms with Crippen molar-refractivity contribution in [2.24, 2.45) is 5.92 Å². The Morgan fingerprint density at radius 1 is 1.35 bits per heavy atom. The lowest BCUT2D eigenvalue weighted by Gasteiger charge is -2.20. The first-order valence-electron chi connectivity index (χ1n) is 5.69. The van der Waals surface area contributed by atoms with E-state index in [1.54, 1.807) is 6.92 Å². The third-order valence-electron chi connectivity index (χ3n) is 2.87. The summed E-state index contributed by atoms with van der Waals surface area (Å²) in [7, 11) is 0. The normalized spacial score (nSPS) is 15.9. The quantitative estimate of drug-likeness (QED) is 0.824. The standard InChI is InChI=1S/C12H17F3OS/c1-3-4-5-8(2)11(16)9-6-17-7-10(9)12(13,14)15/h6-8,11,16H,3-5H2,1-2H3. The number of hydrogen-bond donors (Lipinski definition) is 1. The number of alkyl halides is 3. The summed E-state index contributed by atoms with van der Waals surface area (Å²) in [6.45, 7) is 3.81. The molecule has 0 saturated heterocycles. The zero-order chi connectivity index (χ0) is 13.1. The fourth-order valence-corrected chi connectivity index (χ4v) is 2.64. The minimum Gasteiger partial charge on any atom is -0.388 e. The molecule has 1 heterocycles. The molecule has 2 atom stereocenters. The van der Waals surface area contributed by atoms with E-state index in [0.717, 1.165) is 36.0 Å². The summed E-state index contributed by atoms with van der Waals surface area (Å²) >= 11 is 0.983. The Kier molecular flexibility index (Phi) is 5.01. The van der Waals surface area contributed by atoms with Crippen molar-refractivity contribution in [3.05, 3.63) is 21.9 Å². The summed E-state index contributed by atoms with van der Waals surface area (Å²) in [5.74, 6) is -0.148. The highest BCUT2D eigenvalue weighted by Crippen LogP contribution is 2.39. The summed E-state index contributed by atoms with van der Waals surface area (Å²) in [5, 5.41) is 12.4. The number of unbranched alkanes of at least 4 members (excludes halogenated alkanes) is 1. The third-order valence-corrected chi connectivity index (χ3v) is 3.63. The van der Waals surface area contributed by atoms with E-state index in [1.807, 2.05) is 6.92 Å². The number of hydrogen-bond acceptors (Lipinski definition) is 2. The molecule has 0 aliphatic rings. The Morgan fingerprint density at radius 3 is 2.53 bits per heavy atom. The summed E-state index contributed by atoms with van der Waals surface area (Å²) in [5.41, 5.74) is -0.676. The number of aliphatic hydroxyl groups excluding tert-OH is 1. The number of aliphatic hydroxyl groups is 1. The summed E-state index contributed by atoms with van der Waals surface area (Å²) < 4.78 is 38.0. The molecule has 0 saturated carbocycles. The van der Waals surface area contributed by atoms with Crippen molar-refractivity contribution in [1.82, 2.24) is 0 Å². The highest BCUT2D eigenvalue weighted by Gasteiger charge is 2.36. The van der Waals surface area contributed by atoms with Crippen molar-refractivity contribution in [2.45, 2.75) is 45.4 Å². The highest BCUT2D eigenvalue weighted by atomic mass is 32.1. The SMILES string of the molecule is CCCCC(C)C(O)c1cscc1C(F)(F)F. The van der Waals surface area contributed by atoms with Crippen LogP contribution in [0.5, 0.6) is 0 Å². The fourth-order valence-electron chi connectivity index (χ4n) is 1.76. The Labute approximate surface area is 103 Å². The van der Waals surface area contributed by atoms with Gasteiger partial charge in [0.2, 0.25) is 0 Å². The van der Waals surface area contributed by atoms with E-state index in [0.29, 0.717) is 0 Å². The van der Waals surface area contributed by atoms with Crippen molar-refractivity contribution in [2.75, 3.05) is 0 Å². The van der Waals surface area contributed by atoms with E-state index < -0.39 is 17.8 Å². The van der Waals surface area contributed by atoms with Gasteiger partial charge < -0.3 is 5.11 Å². The van der Waals surface area contributed by atoms with Crippen molar-refractivity contribution in [3.8, 4) is 0 Å². The van der Waals surface area contributed by atoms with Crippen LogP contribution in [0.1, 0.15) is 50.3 Å². The van der Waals surface area contributed by atoms with Gasteiger partial charge in [-0.3, -0.25) is 0 Å². The van der Waals surface area contributed by atoms with Gasteiger partial charge in [0.25, 0.3) is 0 Å². The summed E-state index contributed by atoms with van der Waals surface area (Å²) in [6.07, 6.45) is -2.76. The maximum absolute atomic E-state index is 12.7. The van der Waals surface area contributed by atoms with Crippen molar-refractivity contribution < 1.29 is 18.3 Å². The van der Waals surface area contributed by atoms with E-state index in [9.17, 15) is 18.3 Å². The molecule has 1 aromatic rings. The third kappa shape index (κ3) is 3.71. The van der Waals surface area contributed by atoms with Crippen LogP contribution in [0.2, 0.25) is 0 Å². The first-order chi connectivity index (χ1) is 7.88. The van der Waals surface area contributed by atoms with Gasteiger partial charge in [-0.05, 0) is 17.7 Å². The molecule has 0 aromatic carbocycles. The van der Waals surface area contributed by atoms with Gasteiger partial charge in [0.15, 0.2) is 0 Å². The minimum atomic E-state index is -4.37. The minimum absolute atomic E-state index is 0.0195. The first kappa shape index (κ1) is 14.5. The molecular weight excluding hydrogens is 249 g/mol. The molecule has 1 aromatic heterocycles. The van der Waals surface area contributed by atoms with Gasteiger partial charge in [-0.1, -0.05) is 26.7 Å². The molecule has 0 aliphatic carbocycles. The van der Waals surface area contributed by atoms with Crippen LogP contribution in [-0.4, -0.2) is 5.11 Å². The van der Waals surface area contributed by atoms with Crippen LogP contribution in [0, 0.1) is 5.92 Å². The molecule has 5 heteroatoms. The second kappa shape index (κ2) is 5.87. The van der Waals surface area contributed by atoms with Crippen LogP contribution >= 0.6 is 11.3 Å². The predicted octanol–water partition coefficient (Wildman–Crippen LogP) is 4.63. The maximum atomic E-state index is 12.7. The molecule has 98 valence electrons. The lowest BCUT2D eigenvalue weighted by Crippen LogP contribution is -2.14. The monoisotopic (exact) mass is 266 g/mol. The molecule has 0 spiro atoms. The molecule has 0 bridgehead atoms. The van der Waals surface area contributed by atoms with Crippen molar-refractivity contribution in [1.29, 1.82) is 0 Å². The van der Waals surface area contributed by atoms with Gasteiger partial charge in [-0.15, -0.1) is 0 Å². The van der Waals surface area contributed by atoms with E-state index in [-0.39, 0.29) is 11.5 Å². The summed E-state index contributed by atoms with van der Waals surface area (Å²) in [4.78, 5) is 0. The lowest BCUT2D eigenvalue weighted by molar-refractivity contribution is -0.139. The van der Waals surface area contributed by atoms with Crippen molar-refractivity contribution >= 4 is 11.3 Å². The summed E-state index contributed by atoms with van der Waals surface area (Å²) in [6, 6.07) is 0. The fraction of sp³-hybridized carbons (Fsp3) is 0.667. The number of thiophene rings is 1. The molecule has 2 unspecified atom stereocenters. The zero-order valence-electron chi connectivity index (χ0n) is 9.92. The molecule has 0 amide bonds. The van der Waals surface area contributed by atoms with Gasteiger partial charge in [0.1, 0.15) is 0 Å². The molecule has 0 fully saturated rings. The number of rotatable bonds is 5. The van der Waals surface area contributed by atoms with Crippen LogP contribution in [0.15, 0.2) is 10.8 Å². The largest absolute Gasteiger partial charge is 0.417 e. The predicted molar refractivity (Wildman–Crippen MR) is 63.0 cm³/mol. The molecule has 1 N–H and O–H groups in total. The van der Waals surface area contributed by atoms with E-state index >= 15 is 0 Å². The molecule has 1 rings (SSSR count). The first-order valence-corrected chi connectivity index (χ1v) is 6.63. The lowest BCUT2D eigenvalue weighted by atomic mass is 9.92. The van der Waals surface area contributed by atoms with Crippen LogP contribution in [0.25, 0.3) is 0 Å². The number of halogens is 3. The van der Waals surface area contributed by atoms with E-state index in [2.05, 4.69) is 0 Å². The van der Waals surface area contributed by atoms with Crippen LogP contribution < -0.4 is 0 Å². The van der Waals surface area contributed by atoms with Gasteiger partial charge in [-0.25, -0.2) is 0 Å². The van der Waals surface area contributed by atoms with Gasteiger partial charge in [0, 0.05) is 10.9 Å². The Bertz CT molecular complexity index is 346. The molecule has 0 aliphatic heterocycles. The zero-order valence-corrected chi connectivity index (χ0v) is 10.7. The second-order valence-corrected chi connectivity index (χ2v) is 5.05. The second-order valence-electron chi connectivity index (χ2n) is 4.30. The van der Waals surface area contributed by atoms with Gasteiger partial charge in [0.05, 0.1) is 11.7 Å².